The number of nitrogens with one attached hydrogen (secondary N) is 1. The van der Waals surface area contributed by atoms with E-state index in [4.69, 9.17) is 16.6 Å². The number of thiophene rings is 1. The maximum atomic E-state index is 13.1. The molecule has 0 atom stereocenters. The number of pyridine rings is 1. The van der Waals surface area contributed by atoms with Gasteiger partial charge in [-0.25, -0.2) is 9.97 Å². The lowest BCUT2D eigenvalue weighted by molar-refractivity contribution is -0.116. The van der Waals surface area contributed by atoms with Crippen molar-refractivity contribution >= 4 is 55.0 Å². The molecule has 3 heterocycles. The number of rotatable bonds is 4. The normalized spacial score (nSPS) is 11.2. The molecule has 3 aromatic heterocycles. The van der Waals surface area contributed by atoms with Gasteiger partial charge in [-0.15, -0.1) is 11.3 Å². The van der Waals surface area contributed by atoms with E-state index >= 15 is 0 Å². The molecule has 0 aliphatic heterocycles. The number of anilines is 1. The summed E-state index contributed by atoms with van der Waals surface area (Å²) >= 11 is 7.41. The van der Waals surface area contributed by atoms with Gasteiger partial charge < -0.3 is 5.32 Å². The Morgan fingerprint density at radius 1 is 1.09 bits per heavy atom. The van der Waals surface area contributed by atoms with Crippen molar-refractivity contribution in [3.63, 3.8) is 0 Å². The summed E-state index contributed by atoms with van der Waals surface area (Å²) in [4.78, 5) is 35.5. The van der Waals surface area contributed by atoms with E-state index < -0.39 is 0 Å². The molecule has 2 aromatic carbocycles. The molecule has 32 heavy (non-hydrogen) atoms. The quantitative estimate of drug-likeness (QED) is 0.396. The summed E-state index contributed by atoms with van der Waals surface area (Å²) in [6.07, 6.45) is 1.41. The number of hydrogen-bond acceptors (Lipinski definition) is 5. The van der Waals surface area contributed by atoms with Gasteiger partial charge in [0.25, 0.3) is 5.56 Å². The van der Waals surface area contributed by atoms with Crippen LogP contribution < -0.4 is 10.9 Å². The topological polar surface area (TPSA) is 76.9 Å². The molecule has 0 spiro atoms. The number of halogens is 1. The zero-order valence-electron chi connectivity index (χ0n) is 17.0. The van der Waals surface area contributed by atoms with Crippen LogP contribution in [0.5, 0.6) is 0 Å². The summed E-state index contributed by atoms with van der Waals surface area (Å²) in [7, 11) is 0. The highest BCUT2D eigenvalue weighted by molar-refractivity contribution is 7.25. The summed E-state index contributed by atoms with van der Waals surface area (Å²) in [6, 6.07) is 19.0. The highest BCUT2D eigenvalue weighted by Crippen LogP contribution is 2.31. The minimum Gasteiger partial charge on any atom is -0.324 e. The summed E-state index contributed by atoms with van der Waals surface area (Å²) < 4.78 is 1.79. The maximum absolute atomic E-state index is 13.1. The minimum atomic E-state index is -0.329. The first-order valence-corrected chi connectivity index (χ1v) is 11.1. The third-order valence-electron chi connectivity index (χ3n) is 5.24. The third kappa shape index (κ3) is 3.66. The second-order valence-corrected chi connectivity index (χ2v) is 8.74. The SMILES string of the molecule is Cc1c(Cl)cccc1NC(=O)Cn1cnc2c(sc3nc(-c4ccccc4)ccc32)c1=O. The highest BCUT2D eigenvalue weighted by atomic mass is 35.5. The molecule has 0 aliphatic carbocycles. The number of nitrogens with zero attached hydrogens (tertiary/aromatic N) is 3. The molecule has 0 unspecified atom stereocenters. The molecule has 0 radical (unpaired) electrons. The largest absolute Gasteiger partial charge is 0.324 e. The number of hydrogen-bond donors (Lipinski definition) is 1. The molecule has 5 rings (SSSR count). The Hall–Kier alpha value is -3.55. The van der Waals surface area contributed by atoms with Crippen molar-refractivity contribution in [2.24, 2.45) is 0 Å². The second-order valence-electron chi connectivity index (χ2n) is 7.33. The predicted octanol–water partition coefficient (Wildman–Crippen LogP) is 5.27. The van der Waals surface area contributed by atoms with E-state index in [1.165, 1.54) is 22.2 Å². The average Bonchev–Trinajstić information content (AvgIpc) is 3.18. The maximum Gasteiger partial charge on any atom is 0.271 e. The average molecular weight is 461 g/mol. The molecule has 158 valence electrons. The van der Waals surface area contributed by atoms with Crippen LogP contribution in [0.2, 0.25) is 5.02 Å². The Labute approximate surface area is 192 Å². The Morgan fingerprint density at radius 2 is 1.91 bits per heavy atom. The third-order valence-corrected chi connectivity index (χ3v) is 6.72. The van der Waals surface area contributed by atoms with Gasteiger partial charge in [0.15, 0.2) is 0 Å². The van der Waals surface area contributed by atoms with E-state index in [2.05, 4.69) is 10.3 Å². The van der Waals surface area contributed by atoms with Crippen molar-refractivity contribution in [3.8, 4) is 11.3 Å². The van der Waals surface area contributed by atoms with E-state index in [1.807, 2.05) is 49.4 Å². The summed E-state index contributed by atoms with van der Waals surface area (Å²) in [5, 5.41) is 4.20. The van der Waals surface area contributed by atoms with E-state index in [-0.39, 0.29) is 18.0 Å². The molecule has 0 bridgehead atoms. The molecular weight excluding hydrogens is 444 g/mol. The van der Waals surface area contributed by atoms with E-state index in [0.717, 1.165) is 27.0 Å². The molecule has 1 amide bonds. The Balaban J connectivity index is 1.48. The molecule has 0 aliphatic rings. The van der Waals surface area contributed by atoms with Gasteiger partial charge in [-0.05, 0) is 36.8 Å². The number of aromatic nitrogens is 3. The van der Waals surface area contributed by atoms with Gasteiger partial charge in [0.1, 0.15) is 16.1 Å². The highest BCUT2D eigenvalue weighted by Gasteiger charge is 2.15. The lowest BCUT2D eigenvalue weighted by Gasteiger charge is -2.10. The standard InChI is InChI=1S/C24H17ClN4O2S/c1-14-17(25)8-5-9-18(14)27-20(30)12-29-13-26-21-16-10-11-19(15-6-3-2-4-7-15)28-23(16)32-22(21)24(29)31/h2-11,13H,12H2,1H3,(H,27,30). The summed E-state index contributed by atoms with van der Waals surface area (Å²) in [5.74, 6) is -0.329. The summed E-state index contributed by atoms with van der Waals surface area (Å²) in [6.45, 7) is 1.68. The van der Waals surface area contributed by atoms with Crippen molar-refractivity contribution in [1.29, 1.82) is 0 Å². The molecular formula is C24H17ClN4O2S. The zero-order valence-corrected chi connectivity index (χ0v) is 18.6. The molecule has 6 nitrogen and oxygen atoms in total. The molecule has 8 heteroatoms. The van der Waals surface area contributed by atoms with Crippen molar-refractivity contribution in [2.75, 3.05) is 5.32 Å². The van der Waals surface area contributed by atoms with E-state index in [0.29, 0.717) is 20.9 Å². The van der Waals surface area contributed by atoms with Gasteiger partial charge in [-0.1, -0.05) is 48.0 Å². The molecule has 0 saturated carbocycles. The van der Waals surface area contributed by atoms with E-state index in [9.17, 15) is 9.59 Å². The first-order valence-electron chi connectivity index (χ1n) is 9.90. The number of amides is 1. The summed E-state index contributed by atoms with van der Waals surface area (Å²) in [5.41, 5.74) is 3.56. The van der Waals surface area contributed by atoms with Gasteiger partial charge in [-0.3, -0.25) is 14.2 Å². The van der Waals surface area contributed by atoms with Crippen LogP contribution in [0.3, 0.4) is 0 Å². The second kappa shape index (κ2) is 8.18. The number of benzene rings is 2. The van der Waals surface area contributed by atoms with Crippen LogP contribution in [0.4, 0.5) is 5.69 Å². The Kier molecular flexibility index (Phi) is 5.20. The molecule has 5 aromatic rings. The Morgan fingerprint density at radius 3 is 2.72 bits per heavy atom. The van der Waals surface area contributed by atoms with Crippen LogP contribution in [0.15, 0.2) is 71.8 Å². The number of carbonyl (C=O) groups excluding carboxylic acids is 1. The van der Waals surface area contributed by atoms with Crippen LogP contribution >= 0.6 is 22.9 Å². The van der Waals surface area contributed by atoms with Crippen LogP contribution in [-0.4, -0.2) is 20.4 Å². The van der Waals surface area contributed by atoms with Gasteiger partial charge in [0, 0.05) is 21.7 Å². The van der Waals surface area contributed by atoms with Crippen molar-refractivity contribution in [1.82, 2.24) is 14.5 Å². The van der Waals surface area contributed by atoms with Crippen LogP contribution in [-0.2, 0) is 11.3 Å². The predicted molar refractivity (Wildman–Crippen MR) is 129 cm³/mol. The van der Waals surface area contributed by atoms with E-state index in [1.54, 1.807) is 18.2 Å². The minimum absolute atomic E-state index is 0.148. The fourth-order valence-electron chi connectivity index (χ4n) is 3.52. The van der Waals surface area contributed by atoms with Crippen molar-refractivity contribution < 1.29 is 4.79 Å². The molecule has 0 saturated heterocycles. The van der Waals surface area contributed by atoms with Crippen molar-refractivity contribution in [2.45, 2.75) is 13.5 Å². The monoisotopic (exact) mass is 460 g/mol. The number of fused-ring (bicyclic) bond motifs is 3. The van der Waals surface area contributed by atoms with Gasteiger partial charge in [-0.2, -0.15) is 0 Å². The van der Waals surface area contributed by atoms with Gasteiger partial charge in [0.2, 0.25) is 5.91 Å². The lowest BCUT2D eigenvalue weighted by atomic mass is 10.1. The van der Waals surface area contributed by atoms with Crippen molar-refractivity contribution in [3.05, 3.63) is 87.9 Å². The zero-order chi connectivity index (χ0) is 22.2. The molecule has 0 fully saturated rings. The molecule has 1 N–H and O–H groups in total. The van der Waals surface area contributed by atoms with Crippen LogP contribution in [0.25, 0.3) is 31.7 Å². The van der Waals surface area contributed by atoms with Gasteiger partial charge in [0.05, 0.1) is 17.5 Å². The van der Waals surface area contributed by atoms with Crippen LogP contribution in [0, 0.1) is 6.92 Å². The Bertz CT molecular complexity index is 1540. The number of carbonyl (C=O) groups is 1. The first-order chi connectivity index (χ1) is 15.5. The fourth-order valence-corrected chi connectivity index (χ4v) is 4.77. The van der Waals surface area contributed by atoms with Crippen LogP contribution in [0.1, 0.15) is 5.56 Å². The first kappa shape index (κ1) is 20.4. The van der Waals surface area contributed by atoms with Gasteiger partial charge >= 0.3 is 0 Å². The lowest BCUT2D eigenvalue weighted by Crippen LogP contribution is -2.27. The fraction of sp³-hybridized carbons (Fsp3) is 0.0833. The smallest absolute Gasteiger partial charge is 0.271 e.